The molecule has 2 N–H and O–H groups in total. The van der Waals surface area contributed by atoms with Crippen LogP contribution in [0.25, 0.3) is 22.5 Å². The number of carbonyl (C=O) groups is 1. The average molecular weight is 414 g/mol. The van der Waals surface area contributed by atoms with Gasteiger partial charge in [-0.25, -0.2) is 9.78 Å². The summed E-state index contributed by atoms with van der Waals surface area (Å²) in [7, 11) is 0. The van der Waals surface area contributed by atoms with Crippen LogP contribution in [0.3, 0.4) is 0 Å². The van der Waals surface area contributed by atoms with Gasteiger partial charge in [0.05, 0.1) is 11.4 Å². The average Bonchev–Trinajstić information content (AvgIpc) is 2.80. The van der Waals surface area contributed by atoms with Crippen molar-refractivity contribution in [2.45, 2.75) is 13.0 Å². The van der Waals surface area contributed by atoms with E-state index in [1.54, 1.807) is 61.8 Å². The number of pyridine rings is 1. The first-order valence-electron chi connectivity index (χ1n) is 9.48. The highest BCUT2D eigenvalue weighted by Gasteiger charge is 2.18. The molecule has 0 spiro atoms. The van der Waals surface area contributed by atoms with Crippen molar-refractivity contribution in [1.82, 2.24) is 25.0 Å². The van der Waals surface area contributed by atoms with Gasteiger partial charge in [-0.3, -0.25) is 19.4 Å². The fourth-order valence-electron chi connectivity index (χ4n) is 2.96. The zero-order chi connectivity index (χ0) is 21.8. The summed E-state index contributed by atoms with van der Waals surface area (Å²) in [5.41, 5.74) is 2.58. The Bertz CT molecular complexity index is 1310. The molecule has 4 aromatic rings. The summed E-state index contributed by atoms with van der Waals surface area (Å²) in [5.74, 6) is -0.382. The van der Waals surface area contributed by atoms with Gasteiger partial charge in [0.1, 0.15) is 6.04 Å². The van der Waals surface area contributed by atoms with Crippen LogP contribution in [0.2, 0.25) is 0 Å². The number of rotatable bonds is 5. The number of nitrogens with one attached hydrogen (secondary N) is 2. The van der Waals surface area contributed by atoms with Gasteiger partial charge in [-0.15, -0.1) is 0 Å². The Morgan fingerprint density at radius 3 is 2.42 bits per heavy atom. The van der Waals surface area contributed by atoms with Crippen molar-refractivity contribution in [3.8, 4) is 22.5 Å². The smallest absolute Gasteiger partial charge is 0.267 e. The number of carbonyl (C=O) groups excluding carboxylic acids is 1. The predicted octanol–water partition coefficient (Wildman–Crippen LogP) is 2.26. The Labute approximate surface area is 176 Å². The molecule has 1 amide bonds. The van der Waals surface area contributed by atoms with E-state index in [9.17, 15) is 14.4 Å². The summed E-state index contributed by atoms with van der Waals surface area (Å²) >= 11 is 0. The summed E-state index contributed by atoms with van der Waals surface area (Å²) in [4.78, 5) is 40.2. The molecule has 0 aliphatic heterocycles. The van der Waals surface area contributed by atoms with Crippen LogP contribution in [0.5, 0.6) is 0 Å². The van der Waals surface area contributed by atoms with Gasteiger partial charge in [-0.1, -0.05) is 12.1 Å². The first-order chi connectivity index (χ1) is 15.0. The van der Waals surface area contributed by atoms with Crippen LogP contribution in [0.1, 0.15) is 13.0 Å². The third-order valence-electron chi connectivity index (χ3n) is 4.66. The van der Waals surface area contributed by atoms with E-state index < -0.39 is 6.04 Å². The van der Waals surface area contributed by atoms with Crippen molar-refractivity contribution in [2.75, 3.05) is 5.32 Å². The molecule has 4 rings (SSSR count). The second kappa shape index (κ2) is 8.54. The molecule has 154 valence electrons. The number of aromatic nitrogens is 5. The number of anilines is 1. The van der Waals surface area contributed by atoms with Gasteiger partial charge in [-0.05, 0) is 43.3 Å². The maximum atomic E-state index is 12.7. The number of nitrogens with zero attached hydrogens (tertiary/aromatic N) is 4. The van der Waals surface area contributed by atoms with Crippen molar-refractivity contribution in [3.05, 3.63) is 93.8 Å². The molecule has 1 unspecified atom stereocenters. The highest BCUT2D eigenvalue weighted by Crippen LogP contribution is 2.19. The van der Waals surface area contributed by atoms with Crippen LogP contribution in [-0.4, -0.2) is 30.9 Å². The minimum atomic E-state index is -0.829. The van der Waals surface area contributed by atoms with Crippen molar-refractivity contribution in [2.24, 2.45) is 0 Å². The topological polar surface area (TPSA) is 123 Å². The van der Waals surface area contributed by atoms with Gasteiger partial charge in [0.15, 0.2) is 0 Å². The van der Waals surface area contributed by atoms with Crippen LogP contribution >= 0.6 is 0 Å². The van der Waals surface area contributed by atoms with E-state index in [1.165, 1.54) is 12.1 Å². The number of hydrogen-bond acceptors (Lipinski definition) is 6. The Kier molecular flexibility index (Phi) is 5.48. The second-order valence-electron chi connectivity index (χ2n) is 6.79. The Morgan fingerprint density at radius 1 is 0.968 bits per heavy atom. The van der Waals surface area contributed by atoms with Gasteiger partial charge < -0.3 is 5.32 Å². The molecule has 1 aromatic carbocycles. The molecule has 1 atom stereocenters. The molecular weight excluding hydrogens is 396 g/mol. The lowest BCUT2D eigenvalue weighted by Crippen LogP contribution is -2.33. The molecule has 0 bridgehead atoms. The number of hydrogen-bond donors (Lipinski definition) is 2. The Morgan fingerprint density at radius 2 is 1.74 bits per heavy atom. The SMILES string of the molecule is CC(C(=O)Nc1ccc(-c2ccc(=O)[nH]n2)cc1)n1nc(-c2cccnc2)ccc1=O. The summed E-state index contributed by atoms with van der Waals surface area (Å²) in [5, 5.41) is 13.5. The Hall–Kier alpha value is -4.40. The molecule has 3 heterocycles. The largest absolute Gasteiger partial charge is 0.324 e. The summed E-state index contributed by atoms with van der Waals surface area (Å²) in [6, 6.07) is 15.7. The number of amides is 1. The zero-order valence-electron chi connectivity index (χ0n) is 16.5. The van der Waals surface area contributed by atoms with Crippen molar-refractivity contribution in [3.63, 3.8) is 0 Å². The summed E-state index contributed by atoms with van der Waals surface area (Å²) in [6.07, 6.45) is 3.29. The fraction of sp³-hybridized carbons (Fsp3) is 0.0909. The lowest BCUT2D eigenvalue weighted by atomic mass is 10.1. The second-order valence-corrected chi connectivity index (χ2v) is 6.79. The molecular formula is C22H18N6O3. The number of aromatic amines is 1. The van der Waals surface area contributed by atoms with Crippen molar-refractivity contribution >= 4 is 11.6 Å². The number of benzene rings is 1. The van der Waals surface area contributed by atoms with E-state index >= 15 is 0 Å². The highest BCUT2D eigenvalue weighted by atomic mass is 16.2. The molecule has 0 aliphatic carbocycles. The molecule has 0 saturated heterocycles. The minimum absolute atomic E-state index is 0.280. The van der Waals surface area contributed by atoms with Crippen LogP contribution in [-0.2, 0) is 4.79 Å². The normalized spacial score (nSPS) is 11.6. The monoisotopic (exact) mass is 414 g/mol. The minimum Gasteiger partial charge on any atom is -0.324 e. The van der Waals surface area contributed by atoms with Crippen molar-refractivity contribution in [1.29, 1.82) is 0 Å². The van der Waals surface area contributed by atoms with E-state index in [1.807, 2.05) is 6.07 Å². The molecule has 0 saturated carbocycles. The van der Waals surface area contributed by atoms with Crippen LogP contribution in [0.4, 0.5) is 5.69 Å². The molecule has 9 heteroatoms. The van der Waals surface area contributed by atoms with Gasteiger partial charge in [-0.2, -0.15) is 10.2 Å². The van der Waals surface area contributed by atoms with Crippen LogP contribution in [0, 0.1) is 0 Å². The maximum Gasteiger partial charge on any atom is 0.267 e. The molecule has 3 aromatic heterocycles. The van der Waals surface area contributed by atoms with E-state index in [4.69, 9.17) is 0 Å². The first-order valence-corrected chi connectivity index (χ1v) is 9.48. The van der Waals surface area contributed by atoms with Crippen LogP contribution < -0.4 is 16.4 Å². The molecule has 0 aliphatic rings. The third-order valence-corrected chi connectivity index (χ3v) is 4.66. The summed E-state index contributed by atoms with van der Waals surface area (Å²) in [6.45, 7) is 1.61. The van der Waals surface area contributed by atoms with E-state index in [0.717, 1.165) is 15.8 Å². The van der Waals surface area contributed by atoms with E-state index in [0.29, 0.717) is 17.1 Å². The Balaban J connectivity index is 1.52. The third kappa shape index (κ3) is 4.45. The highest BCUT2D eigenvalue weighted by molar-refractivity contribution is 5.93. The molecule has 31 heavy (non-hydrogen) atoms. The van der Waals surface area contributed by atoms with E-state index in [-0.39, 0.29) is 17.0 Å². The first kappa shape index (κ1) is 19.9. The molecule has 0 fully saturated rings. The lowest BCUT2D eigenvalue weighted by molar-refractivity contribution is -0.119. The van der Waals surface area contributed by atoms with Crippen molar-refractivity contribution < 1.29 is 4.79 Å². The van der Waals surface area contributed by atoms with Gasteiger partial charge in [0, 0.05) is 41.3 Å². The van der Waals surface area contributed by atoms with Gasteiger partial charge in [0.2, 0.25) is 5.91 Å². The predicted molar refractivity (Wildman–Crippen MR) is 115 cm³/mol. The standard InChI is InChI=1S/C22H18N6O3/c1-14(28-21(30)11-9-19(27-28)16-3-2-12-23-13-16)22(31)24-17-6-4-15(5-7-17)18-8-10-20(29)26-25-18/h2-14H,1H3,(H,24,31)(H,26,29). The fourth-order valence-corrected chi connectivity index (χ4v) is 2.96. The quantitative estimate of drug-likeness (QED) is 0.516. The van der Waals surface area contributed by atoms with Gasteiger partial charge >= 0.3 is 0 Å². The van der Waals surface area contributed by atoms with Gasteiger partial charge in [0.25, 0.3) is 11.1 Å². The number of H-pyrrole nitrogens is 1. The maximum absolute atomic E-state index is 12.7. The van der Waals surface area contributed by atoms with E-state index in [2.05, 4.69) is 25.6 Å². The summed E-state index contributed by atoms with van der Waals surface area (Å²) < 4.78 is 1.15. The lowest BCUT2D eigenvalue weighted by Gasteiger charge is -2.15. The van der Waals surface area contributed by atoms with Crippen LogP contribution in [0.15, 0.2) is 82.6 Å². The molecule has 0 radical (unpaired) electrons. The zero-order valence-corrected chi connectivity index (χ0v) is 16.5. The molecule has 9 nitrogen and oxygen atoms in total.